The largest absolute Gasteiger partial charge is 0.508 e. The van der Waals surface area contributed by atoms with Crippen molar-refractivity contribution < 1.29 is 5.11 Å². The Kier molecular flexibility index (Phi) is 2.59. The molecule has 76 valence electrons. The standard InChI is InChI=1S/C11H16N2O/c12-9-3-2-6-13(8-9)10-4-1-5-11(14)7-10/h1,4-5,7,9,14H,2-3,6,8,12H2/t9-/m0/s1. The van der Waals surface area contributed by atoms with Gasteiger partial charge in [-0.2, -0.15) is 0 Å². The fourth-order valence-corrected chi connectivity index (χ4v) is 1.93. The number of nitrogens with two attached hydrogens (primary N) is 1. The van der Waals surface area contributed by atoms with Crippen molar-refractivity contribution in [2.45, 2.75) is 18.9 Å². The van der Waals surface area contributed by atoms with Crippen LogP contribution in [0.5, 0.6) is 5.75 Å². The molecule has 14 heavy (non-hydrogen) atoms. The first-order valence-corrected chi connectivity index (χ1v) is 5.05. The van der Waals surface area contributed by atoms with Crippen LogP contribution in [0.3, 0.4) is 0 Å². The summed E-state index contributed by atoms with van der Waals surface area (Å²) in [5.74, 6) is 0.321. The highest BCUT2D eigenvalue weighted by Crippen LogP contribution is 2.22. The Morgan fingerprint density at radius 2 is 2.29 bits per heavy atom. The van der Waals surface area contributed by atoms with Crippen LogP contribution in [0.15, 0.2) is 24.3 Å². The van der Waals surface area contributed by atoms with Crippen molar-refractivity contribution in [1.82, 2.24) is 0 Å². The number of rotatable bonds is 1. The molecule has 1 aromatic carbocycles. The van der Waals surface area contributed by atoms with E-state index in [9.17, 15) is 5.11 Å². The van der Waals surface area contributed by atoms with Gasteiger partial charge in [0.1, 0.15) is 5.75 Å². The summed E-state index contributed by atoms with van der Waals surface area (Å²) in [6.45, 7) is 1.93. The topological polar surface area (TPSA) is 49.5 Å². The number of hydrogen-bond donors (Lipinski definition) is 2. The lowest BCUT2D eigenvalue weighted by atomic mass is 10.1. The molecule has 0 radical (unpaired) electrons. The van der Waals surface area contributed by atoms with Crippen LogP contribution in [0.4, 0.5) is 5.69 Å². The monoisotopic (exact) mass is 192 g/mol. The summed E-state index contributed by atoms with van der Waals surface area (Å²) in [4.78, 5) is 2.23. The summed E-state index contributed by atoms with van der Waals surface area (Å²) in [6.07, 6.45) is 2.24. The number of anilines is 1. The number of aromatic hydroxyl groups is 1. The SMILES string of the molecule is N[C@H]1CCCN(c2cccc(O)c2)C1. The Hall–Kier alpha value is -1.22. The van der Waals surface area contributed by atoms with Crippen molar-refractivity contribution in [2.75, 3.05) is 18.0 Å². The van der Waals surface area contributed by atoms with Crippen molar-refractivity contribution >= 4 is 5.69 Å². The van der Waals surface area contributed by atoms with Crippen LogP contribution in [0, 0.1) is 0 Å². The molecular weight excluding hydrogens is 176 g/mol. The van der Waals surface area contributed by atoms with E-state index in [0.717, 1.165) is 31.6 Å². The molecule has 0 bridgehead atoms. The molecule has 3 nitrogen and oxygen atoms in total. The van der Waals surface area contributed by atoms with E-state index in [1.54, 1.807) is 12.1 Å². The van der Waals surface area contributed by atoms with Gasteiger partial charge in [0, 0.05) is 30.9 Å². The predicted molar refractivity (Wildman–Crippen MR) is 57.5 cm³/mol. The summed E-state index contributed by atoms with van der Waals surface area (Å²) >= 11 is 0. The first kappa shape index (κ1) is 9.34. The fraction of sp³-hybridized carbons (Fsp3) is 0.455. The third-order valence-electron chi connectivity index (χ3n) is 2.65. The average molecular weight is 192 g/mol. The van der Waals surface area contributed by atoms with Gasteiger partial charge >= 0.3 is 0 Å². The van der Waals surface area contributed by atoms with Gasteiger partial charge in [0.05, 0.1) is 0 Å². The van der Waals surface area contributed by atoms with Gasteiger partial charge in [0.25, 0.3) is 0 Å². The third kappa shape index (κ3) is 1.99. The molecule has 1 atom stereocenters. The molecule has 0 saturated carbocycles. The summed E-state index contributed by atoms with van der Waals surface area (Å²) in [7, 11) is 0. The highest BCUT2D eigenvalue weighted by molar-refractivity contribution is 5.50. The molecule has 0 aromatic heterocycles. The van der Waals surface area contributed by atoms with Gasteiger partial charge in [-0.15, -0.1) is 0 Å². The first-order valence-electron chi connectivity index (χ1n) is 5.05. The minimum absolute atomic E-state index is 0.270. The van der Waals surface area contributed by atoms with Gasteiger partial charge in [-0.05, 0) is 25.0 Å². The first-order chi connectivity index (χ1) is 6.75. The molecule has 0 amide bonds. The molecular formula is C11H16N2O. The van der Waals surface area contributed by atoms with Crippen molar-refractivity contribution in [3.05, 3.63) is 24.3 Å². The second kappa shape index (κ2) is 3.88. The van der Waals surface area contributed by atoms with Crippen LogP contribution in [0.1, 0.15) is 12.8 Å². The Balaban J connectivity index is 2.14. The van der Waals surface area contributed by atoms with Crippen LogP contribution in [0.2, 0.25) is 0 Å². The summed E-state index contributed by atoms with van der Waals surface area (Å²) < 4.78 is 0. The molecule has 2 rings (SSSR count). The lowest BCUT2D eigenvalue weighted by Gasteiger charge is -2.32. The van der Waals surface area contributed by atoms with Gasteiger partial charge in [-0.3, -0.25) is 0 Å². The summed E-state index contributed by atoms with van der Waals surface area (Å²) in [5.41, 5.74) is 6.97. The molecule has 1 aliphatic rings. The van der Waals surface area contributed by atoms with Crippen molar-refractivity contribution in [3.63, 3.8) is 0 Å². The van der Waals surface area contributed by atoms with Crippen LogP contribution in [-0.4, -0.2) is 24.2 Å². The highest BCUT2D eigenvalue weighted by Gasteiger charge is 2.16. The minimum Gasteiger partial charge on any atom is -0.508 e. The third-order valence-corrected chi connectivity index (χ3v) is 2.65. The van der Waals surface area contributed by atoms with Gasteiger partial charge in [0.2, 0.25) is 0 Å². The molecule has 0 unspecified atom stereocenters. The van der Waals surface area contributed by atoms with E-state index in [-0.39, 0.29) is 6.04 Å². The van der Waals surface area contributed by atoms with E-state index >= 15 is 0 Å². The van der Waals surface area contributed by atoms with E-state index in [1.807, 2.05) is 12.1 Å². The number of piperidine rings is 1. The number of phenolic OH excluding ortho intramolecular Hbond substituents is 1. The molecule has 0 spiro atoms. The second-order valence-corrected chi connectivity index (χ2v) is 3.87. The van der Waals surface area contributed by atoms with Crippen LogP contribution in [-0.2, 0) is 0 Å². The molecule has 3 heteroatoms. The second-order valence-electron chi connectivity index (χ2n) is 3.87. The average Bonchev–Trinajstić information content (AvgIpc) is 2.18. The smallest absolute Gasteiger partial charge is 0.117 e. The zero-order valence-electron chi connectivity index (χ0n) is 8.19. The van der Waals surface area contributed by atoms with Crippen LogP contribution < -0.4 is 10.6 Å². The van der Waals surface area contributed by atoms with Crippen LogP contribution >= 0.6 is 0 Å². The van der Waals surface area contributed by atoms with E-state index in [4.69, 9.17) is 5.73 Å². The van der Waals surface area contributed by atoms with E-state index < -0.39 is 0 Å². The van der Waals surface area contributed by atoms with E-state index in [1.165, 1.54) is 0 Å². The molecule has 1 heterocycles. The number of benzene rings is 1. The number of hydrogen-bond acceptors (Lipinski definition) is 3. The maximum Gasteiger partial charge on any atom is 0.117 e. The molecule has 3 N–H and O–H groups in total. The summed E-state index contributed by atoms with van der Waals surface area (Å²) in [6, 6.07) is 7.62. The maximum atomic E-state index is 9.35. The highest BCUT2D eigenvalue weighted by atomic mass is 16.3. The molecule has 1 saturated heterocycles. The fourth-order valence-electron chi connectivity index (χ4n) is 1.93. The van der Waals surface area contributed by atoms with Crippen molar-refractivity contribution in [3.8, 4) is 5.75 Å². The Labute approximate surface area is 84.1 Å². The van der Waals surface area contributed by atoms with Gasteiger partial charge in [-0.25, -0.2) is 0 Å². The quantitative estimate of drug-likeness (QED) is 0.705. The van der Waals surface area contributed by atoms with Crippen molar-refractivity contribution in [1.29, 1.82) is 0 Å². The van der Waals surface area contributed by atoms with Gasteiger partial charge < -0.3 is 15.7 Å². The Bertz CT molecular complexity index is 314. The number of nitrogens with zero attached hydrogens (tertiary/aromatic N) is 1. The summed E-state index contributed by atoms with van der Waals surface area (Å²) in [5, 5.41) is 9.35. The molecule has 1 aromatic rings. The van der Waals surface area contributed by atoms with E-state index in [0.29, 0.717) is 5.75 Å². The lowest BCUT2D eigenvalue weighted by Crippen LogP contribution is -2.42. The molecule has 0 aliphatic carbocycles. The van der Waals surface area contributed by atoms with E-state index in [2.05, 4.69) is 4.90 Å². The van der Waals surface area contributed by atoms with Crippen LogP contribution in [0.25, 0.3) is 0 Å². The zero-order valence-corrected chi connectivity index (χ0v) is 8.19. The Morgan fingerprint density at radius 1 is 1.43 bits per heavy atom. The molecule has 1 aliphatic heterocycles. The number of phenols is 1. The van der Waals surface area contributed by atoms with Crippen molar-refractivity contribution in [2.24, 2.45) is 5.73 Å². The lowest BCUT2D eigenvalue weighted by molar-refractivity contribution is 0.473. The minimum atomic E-state index is 0.270. The predicted octanol–water partition coefficient (Wildman–Crippen LogP) is 1.32. The zero-order chi connectivity index (χ0) is 9.97. The van der Waals surface area contributed by atoms with Gasteiger partial charge in [-0.1, -0.05) is 6.07 Å². The normalized spacial score (nSPS) is 22.4. The maximum absolute atomic E-state index is 9.35. The molecule has 1 fully saturated rings. The van der Waals surface area contributed by atoms with Gasteiger partial charge in [0.15, 0.2) is 0 Å². The Morgan fingerprint density at radius 3 is 3.00 bits per heavy atom.